The van der Waals surface area contributed by atoms with E-state index in [1.807, 2.05) is 0 Å². The van der Waals surface area contributed by atoms with Crippen LogP contribution in [0.25, 0.3) is 0 Å². The molecule has 0 aliphatic carbocycles. The van der Waals surface area contributed by atoms with Gasteiger partial charge in [-0.25, -0.2) is 9.18 Å². The summed E-state index contributed by atoms with van der Waals surface area (Å²) in [4.78, 5) is 25.8. The minimum Gasteiger partial charge on any atom is -0.381 e. The molecule has 7 heteroatoms. The van der Waals surface area contributed by atoms with E-state index in [0.717, 1.165) is 4.90 Å². The first-order valence-electron chi connectivity index (χ1n) is 6.67. The molecule has 3 amide bonds. The highest BCUT2D eigenvalue weighted by molar-refractivity contribution is 9.10. The van der Waals surface area contributed by atoms with E-state index < -0.39 is 17.4 Å². The predicted octanol–water partition coefficient (Wildman–Crippen LogP) is 2.19. The van der Waals surface area contributed by atoms with Crippen molar-refractivity contribution in [2.45, 2.75) is 24.9 Å². The van der Waals surface area contributed by atoms with Crippen molar-refractivity contribution in [1.29, 1.82) is 0 Å². The van der Waals surface area contributed by atoms with Crippen LogP contribution < -0.4 is 5.32 Å². The quantitative estimate of drug-likeness (QED) is 0.826. The molecule has 112 valence electrons. The molecule has 1 spiro atoms. The largest absolute Gasteiger partial charge is 0.381 e. The van der Waals surface area contributed by atoms with E-state index in [4.69, 9.17) is 4.74 Å². The predicted molar refractivity (Wildman–Crippen MR) is 76.0 cm³/mol. The zero-order valence-corrected chi connectivity index (χ0v) is 12.8. The third-order valence-corrected chi connectivity index (χ3v) is 4.31. The van der Waals surface area contributed by atoms with Crippen LogP contribution in [-0.2, 0) is 16.1 Å². The number of ether oxygens (including phenoxy) is 1. The summed E-state index contributed by atoms with van der Waals surface area (Å²) < 4.78 is 19.2. The normalized spacial score (nSPS) is 21.0. The average molecular weight is 357 g/mol. The maximum Gasteiger partial charge on any atom is 0.325 e. The second kappa shape index (κ2) is 5.38. The maximum atomic E-state index is 13.4. The van der Waals surface area contributed by atoms with Gasteiger partial charge in [0.05, 0.1) is 6.54 Å². The minimum atomic E-state index is -0.847. The minimum absolute atomic E-state index is 0.0592. The molecule has 2 aliphatic rings. The van der Waals surface area contributed by atoms with Crippen LogP contribution in [0.15, 0.2) is 22.7 Å². The van der Waals surface area contributed by atoms with Crippen LogP contribution in [-0.4, -0.2) is 35.6 Å². The smallest absolute Gasteiger partial charge is 0.325 e. The molecule has 0 saturated carbocycles. The van der Waals surface area contributed by atoms with Crippen LogP contribution in [0, 0.1) is 5.82 Å². The Morgan fingerprint density at radius 1 is 1.29 bits per heavy atom. The molecule has 2 aliphatic heterocycles. The summed E-state index contributed by atoms with van der Waals surface area (Å²) in [6.07, 6.45) is 0.946. The first-order valence-corrected chi connectivity index (χ1v) is 7.46. The summed E-state index contributed by atoms with van der Waals surface area (Å²) in [5.41, 5.74) is -0.283. The number of amides is 3. The van der Waals surface area contributed by atoms with Gasteiger partial charge in [-0.05, 0) is 23.8 Å². The fraction of sp³-hybridized carbons (Fsp3) is 0.429. The number of hydrogen-bond donors (Lipinski definition) is 1. The van der Waals surface area contributed by atoms with Crippen LogP contribution in [0.4, 0.5) is 9.18 Å². The van der Waals surface area contributed by atoms with E-state index in [9.17, 15) is 14.0 Å². The van der Waals surface area contributed by atoms with Gasteiger partial charge in [-0.15, -0.1) is 0 Å². The maximum absolute atomic E-state index is 13.4. The Kier molecular flexibility index (Phi) is 3.71. The molecule has 1 N–H and O–H groups in total. The molecule has 1 aromatic rings. The third kappa shape index (κ3) is 2.67. The molecule has 0 atom stereocenters. The molecular weight excluding hydrogens is 343 g/mol. The molecule has 3 rings (SSSR count). The standard InChI is InChI=1S/C14H14BrFN2O3/c15-10-5-9(6-11(16)7-10)8-18-12(19)14(17-13(18)20)1-3-21-4-2-14/h5-7H,1-4,8H2,(H,17,20). The second-order valence-corrected chi connectivity index (χ2v) is 6.21. The number of nitrogens with one attached hydrogen (secondary N) is 1. The Bertz CT molecular complexity index is 582. The zero-order chi connectivity index (χ0) is 15.0. The van der Waals surface area contributed by atoms with Crippen LogP contribution in [0.5, 0.6) is 0 Å². The van der Waals surface area contributed by atoms with Gasteiger partial charge in [-0.2, -0.15) is 0 Å². The van der Waals surface area contributed by atoms with Crippen molar-refractivity contribution < 1.29 is 18.7 Å². The van der Waals surface area contributed by atoms with Crippen LogP contribution >= 0.6 is 15.9 Å². The van der Waals surface area contributed by atoms with Gasteiger partial charge < -0.3 is 10.1 Å². The third-order valence-electron chi connectivity index (χ3n) is 3.86. The second-order valence-electron chi connectivity index (χ2n) is 5.29. The SMILES string of the molecule is O=C1NC2(CCOCC2)C(=O)N1Cc1cc(F)cc(Br)c1. The number of hydrogen-bond acceptors (Lipinski definition) is 3. The Labute approximate surface area is 129 Å². The van der Waals surface area contributed by atoms with Crippen molar-refractivity contribution >= 4 is 27.9 Å². The first-order chi connectivity index (χ1) is 10.00. The Balaban J connectivity index is 1.82. The highest BCUT2D eigenvalue weighted by Crippen LogP contribution is 2.29. The Morgan fingerprint density at radius 2 is 2.00 bits per heavy atom. The summed E-state index contributed by atoms with van der Waals surface area (Å²) in [5, 5.41) is 2.77. The number of benzene rings is 1. The molecule has 1 aromatic carbocycles. The van der Waals surface area contributed by atoms with E-state index in [1.165, 1.54) is 12.1 Å². The molecule has 0 radical (unpaired) electrons. The van der Waals surface area contributed by atoms with Crippen molar-refractivity contribution in [2.24, 2.45) is 0 Å². The van der Waals surface area contributed by atoms with Crippen LogP contribution in [0.3, 0.4) is 0 Å². The topological polar surface area (TPSA) is 58.6 Å². The number of rotatable bonds is 2. The molecule has 21 heavy (non-hydrogen) atoms. The van der Waals surface area contributed by atoms with Crippen molar-refractivity contribution in [1.82, 2.24) is 10.2 Å². The summed E-state index contributed by atoms with van der Waals surface area (Å²) in [5.74, 6) is -0.664. The number of nitrogens with zero attached hydrogens (tertiary/aromatic N) is 1. The van der Waals surface area contributed by atoms with Crippen molar-refractivity contribution in [3.63, 3.8) is 0 Å². The van der Waals surface area contributed by atoms with Gasteiger partial charge >= 0.3 is 6.03 Å². The van der Waals surface area contributed by atoms with E-state index >= 15 is 0 Å². The first kappa shape index (κ1) is 14.5. The fourth-order valence-corrected chi connectivity index (χ4v) is 3.28. The van der Waals surface area contributed by atoms with Gasteiger partial charge in [0.1, 0.15) is 11.4 Å². The lowest BCUT2D eigenvalue weighted by molar-refractivity contribution is -0.134. The lowest BCUT2D eigenvalue weighted by Crippen LogP contribution is -2.51. The number of halogens is 2. The summed E-state index contributed by atoms with van der Waals surface area (Å²) in [6.45, 7) is 0.959. The van der Waals surface area contributed by atoms with E-state index in [1.54, 1.807) is 6.07 Å². The van der Waals surface area contributed by atoms with Crippen molar-refractivity contribution in [3.05, 3.63) is 34.1 Å². The zero-order valence-electron chi connectivity index (χ0n) is 11.2. The summed E-state index contributed by atoms with van der Waals surface area (Å²) in [7, 11) is 0. The molecule has 0 unspecified atom stereocenters. The van der Waals surface area contributed by atoms with Gasteiger partial charge in [-0.1, -0.05) is 15.9 Å². The Hall–Kier alpha value is -1.47. The van der Waals surface area contributed by atoms with Gasteiger partial charge in [-0.3, -0.25) is 9.69 Å². The lowest BCUT2D eigenvalue weighted by atomic mass is 9.90. The molecule has 2 heterocycles. The molecule has 2 fully saturated rings. The number of urea groups is 1. The van der Waals surface area contributed by atoms with Crippen LogP contribution in [0.2, 0.25) is 0 Å². The highest BCUT2D eigenvalue weighted by atomic mass is 79.9. The van der Waals surface area contributed by atoms with Gasteiger partial charge in [0.2, 0.25) is 0 Å². The van der Waals surface area contributed by atoms with Gasteiger partial charge in [0.15, 0.2) is 0 Å². The Morgan fingerprint density at radius 3 is 2.67 bits per heavy atom. The highest BCUT2D eigenvalue weighted by Gasteiger charge is 2.51. The van der Waals surface area contributed by atoms with Crippen LogP contribution in [0.1, 0.15) is 18.4 Å². The fourth-order valence-electron chi connectivity index (χ4n) is 2.76. The monoisotopic (exact) mass is 356 g/mol. The van der Waals surface area contributed by atoms with Gasteiger partial charge in [0, 0.05) is 30.5 Å². The number of carbonyl (C=O) groups is 2. The lowest BCUT2D eigenvalue weighted by Gasteiger charge is -2.30. The summed E-state index contributed by atoms with van der Waals surface area (Å²) in [6, 6.07) is 3.91. The number of imide groups is 1. The van der Waals surface area contributed by atoms with E-state index in [0.29, 0.717) is 36.1 Å². The average Bonchev–Trinajstić information content (AvgIpc) is 2.63. The molecule has 2 saturated heterocycles. The van der Waals surface area contributed by atoms with E-state index in [2.05, 4.69) is 21.2 Å². The van der Waals surface area contributed by atoms with Gasteiger partial charge in [0.25, 0.3) is 5.91 Å². The molecular formula is C14H14BrFN2O3. The number of carbonyl (C=O) groups excluding carboxylic acids is 2. The van der Waals surface area contributed by atoms with Crippen molar-refractivity contribution in [3.8, 4) is 0 Å². The summed E-state index contributed by atoms with van der Waals surface area (Å²) >= 11 is 3.20. The van der Waals surface area contributed by atoms with Crippen molar-refractivity contribution in [2.75, 3.05) is 13.2 Å². The molecule has 0 aromatic heterocycles. The molecule has 0 bridgehead atoms. The van der Waals surface area contributed by atoms with E-state index in [-0.39, 0.29) is 12.5 Å². The molecule has 5 nitrogen and oxygen atoms in total.